The molecule has 4 heteroatoms. The molecule has 0 bridgehead atoms. The van der Waals surface area contributed by atoms with E-state index in [1.54, 1.807) is 17.0 Å². The van der Waals surface area contributed by atoms with Gasteiger partial charge in [0.15, 0.2) is 0 Å². The van der Waals surface area contributed by atoms with E-state index in [2.05, 4.69) is 6.58 Å². The highest BCUT2D eigenvalue weighted by molar-refractivity contribution is 6.00. The van der Waals surface area contributed by atoms with Crippen molar-refractivity contribution in [2.75, 3.05) is 11.4 Å². The maximum absolute atomic E-state index is 12.5. The number of para-hydroxylation sites is 1. The number of carbonyl (C=O) groups is 2. The molecule has 1 aromatic carbocycles. The topological polar surface area (TPSA) is 57.6 Å². The fourth-order valence-electron chi connectivity index (χ4n) is 2.70. The molecule has 106 valence electrons. The SMILES string of the molecule is C=C(C)C[C@H](C)C(=O)N1C[C@H](C(=O)O)c2ccccc21. The van der Waals surface area contributed by atoms with Crippen molar-refractivity contribution >= 4 is 17.6 Å². The van der Waals surface area contributed by atoms with E-state index in [0.29, 0.717) is 6.42 Å². The lowest BCUT2D eigenvalue weighted by Gasteiger charge is -2.22. The van der Waals surface area contributed by atoms with Gasteiger partial charge in [0.25, 0.3) is 0 Å². The van der Waals surface area contributed by atoms with Gasteiger partial charge in [0.1, 0.15) is 5.92 Å². The number of nitrogens with zero attached hydrogens (tertiary/aromatic N) is 1. The second kappa shape index (κ2) is 5.49. The molecule has 20 heavy (non-hydrogen) atoms. The number of aliphatic carboxylic acids is 1. The zero-order chi connectivity index (χ0) is 14.9. The van der Waals surface area contributed by atoms with Gasteiger partial charge in [-0.05, 0) is 25.0 Å². The molecule has 1 aliphatic heterocycles. The van der Waals surface area contributed by atoms with Crippen LogP contribution in [0.5, 0.6) is 0 Å². The Morgan fingerprint density at radius 1 is 1.45 bits per heavy atom. The van der Waals surface area contributed by atoms with Crippen LogP contribution in [-0.4, -0.2) is 23.5 Å². The Hall–Kier alpha value is -2.10. The van der Waals surface area contributed by atoms with Crippen molar-refractivity contribution in [3.63, 3.8) is 0 Å². The summed E-state index contributed by atoms with van der Waals surface area (Å²) in [6.07, 6.45) is 0.620. The predicted octanol–water partition coefficient (Wildman–Crippen LogP) is 2.80. The third kappa shape index (κ3) is 2.59. The first kappa shape index (κ1) is 14.3. The molecule has 2 rings (SSSR count). The zero-order valence-corrected chi connectivity index (χ0v) is 11.8. The molecule has 0 spiro atoms. The van der Waals surface area contributed by atoms with Crippen LogP contribution in [0, 0.1) is 5.92 Å². The largest absolute Gasteiger partial charge is 0.481 e. The van der Waals surface area contributed by atoms with Crippen LogP contribution in [0.15, 0.2) is 36.4 Å². The standard InChI is InChI=1S/C16H19NO3/c1-10(2)8-11(3)15(18)17-9-13(16(19)20)12-6-4-5-7-14(12)17/h4-7,11,13H,1,8-9H2,2-3H3,(H,19,20)/t11-,13-/m0/s1. The molecule has 1 aromatic rings. The van der Waals surface area contributed by atoms with Crippen LogP contribution in [0.2, 0.25) is 0 Å². The van der Waals surface area contributed by atoms with Crippen LogP contribution in [0.1, 0.15) is 31.7 Å². The highest BCUT2D eigenvalue weighted by Crippen LogP contribution is 2.37. The number of anilines is 1. The first-order valence-corrected chi connectivity index (χ1v) is 6.69. The lowest BCUT2D eigenvalue weighted by Crippen LogP contribution is -2.35. The van der Waals surface area contributed by atoms with Crippen molar-refractivity contribution in [2.24, 2.45) is 5.92 Å². The molecule has 0 unspecified atom stereocenters. The Labute approximate surface area is 118 Å². The first-order valence-electron chi connectivity index (χ1n) is 6.69. The summed E-state index contributed by atoms with van der Waals surface area (Å²) in [5.41, 5.74) is 2.39. The van der Waals surface area contributed by atoms with Crippen molar-refractivity contribution in [3.8, 4) is 0 Å². The number of carboxylic acid groups (broad SMARTS) is 1. The van der Waals surface area contributed by atoms with Crippen LogP contribution in [0.25, 0.3) is 0 Å². The van der Waals surface area contributed by atoms with Crippen molar-refractivity contribution < 1.29 is 14.7 Å². The molecule has 1 N–H and O–H groups in total. The number of amides is 1. The van der Waals surface area contributed by atoms with E-state index in [0.717, 1.165) is 16.8 Å². The van der Waals surface area contributed by atoms with Gasteiger partial charge in [-0.25, -0.2) is 0 Å². The fraction of sp³-hybridized carbons (Fsp3) is 0.375. The first-order chi connectivity index (χ1) is 9.41. The molecule has 1 heterocycles. The Morgan fingerprint density at radius 2 is 2.10 bits per heavy atom. The quantitative estimate of drug-likeness (QED) is 0.858. The van der Waals surface area contributed by atoms with Crippen molar-refractivity contribution in [3.05, 3.63) is 42.0 Å². The van der Waals surface area contributed by atoms with Crippen molar-refractivity contribution in [1.29, 1.82) is 0 Å². The fourth-order valence-corrected chi connectivity index (χ4v) is 2.70. The Balaban J connectivity index is 2.29. The number of carbonyl (C=O) groups excluding carboxylic acids is 1. The number of fused-ring (bicyclic) bond motifs is 1. The van der Waals surface area contributed by atoms with E-state index in [9.17, 15) is 14.7 Å². The molecular formula is C16H19NO3. The number of rotatable bonds is 4. The van der Waals surface area contributed by atoms with E-state index < -0.39 is 11.9 Å². The van der Waals surface area contributed by atoms with E-state index in [4.69, 9.17) is 0 Å². The number of allylic oxidation sites excluding steroid dienone is 1. The van der Waals surface area contributed by atoms with Gasteiger partial charge >= 0.3 is 5.97 Å². The summed E-state index contributed by atoms with van der Waals surface area (Å²) in [7, 11) is 0. The molecule has 4 nitrogen and oxygen atoms in total. The van der Waals surface area contributed by atoms with Gasteiger partial charge in [-0.15, -0.1) is 6.58 Å². The lowest BCUT2D eigenvalue weighted by atomic mass is 10.0. The van der Waals surface area contributed by atoms with Gasteiger partial charge in [-0.3, -0.25) is 9.59 Å². The van der Waals surface area contributed by atoms with Crippen molar-refractivity contribution in [2.45, 2.75) is 26.2 Å². The number of benzene rings is 1. The van der Waals surface area contributed by atoms with E-state index >= 15 is 0 Å². The van der Waals surface area contributed by atoms with E-state index in [1.165, 1.54) is 0 Å². The minimum Gasteiger partial charge on any atom is -0.481 e. The predicted molar refractivity (Wildman–Crippen MR) is 77.8 cm³/mol. The monoisotopic (exact) mass is 273 g/mol. The summed E-state index contributed by atoms with van der Waals surface area (Å²) in [4.78, 5) is 25.4. The summed E-state index contributed by atoms with van der Waals surface area (Å²) >= 11 is 0. The number of hydrogen-bond acceptors (Lipinski definition) is 2. The van der Waals surface area contributed by atoms with Crippen LogP contribution in [0.4, 0.5) is 5.69 Å². The molecule has 2 atom stereocenters. The smallest absolute Gasteiger partial charge is 0.312 e. The van der Waals surface area contributed by atoms with E-state index in [-0.39, 0.29) is 18.4 Å². The molecule has 0 fully saturated rings. The third-order valence-electron chi connectivity index (χ3n) is 3.61. The highest BCUT2D eigenvalue weighted by Gasteiger charge is 2.37. The maximum Gasteiger partial charge on any atom is 0.312 e. The Kier molecular flexibility index (Phi) is 3.93. The second-order valence-corrected chi connectivity index (χ2v) is 5.46. The molecule has 0 radical (unpaired) electrons. The molecule has 0 saturated heterocycles. The maximum atomic E-state index is 12.5. The lowest BCUT2D eigenvalue weighted by molar-refractivity contribution is -0.138. The number of hydrogen-bond donors (Lipinski definition) is 1. The van der Waals surface area contributed by atoms with Gasteiger partial charge in [0.05, 0.1) is 0 Å². The second-order valence-electron chi connectivity index (χ2n) is 5.46. The van der Waals surface area contributed by atoms with Crippen LogP contribution >= 0.6 is 0 Å². The Morgan fingerprint density at radius 3 is 2.70 bits per heavy atom. The van der Waals surface area contributed by atoms with Crippen LogP contribution in [0.3, 0.4) is 0 Å². The van der Waals surface area contributed by atoms with Gasteiger partial charge in [0, 0.05) is 18.2 Å². The molecule has 1 amide bonds. The normalized spacial score (nSPS) is 18.5. The minimum absolute atomic E-state index is 0.0378. The summed E-state index contributed by atoms with van der Waals surface area (Å²) in [6, 6.07) is 7.22. The van der Waals surface area contributed by atoms with Gasteiger partial charge in [-0.1, -0.05) is 30.7 Å². The van der Waals surface area contributed by atoms with Crippen LogP contribution < -0.4 is 4.90 Å². The molecule has 0 aliphatic carbocycles. The summed E-state index contributed by atoms with van der Waals surface area (Å²) < 4.78 is 0. The van der Waals surface area contributed by atoms with E-state index in [1.807, 2.05) is 26.0 Å². The average molecular weight is 273 g/mol. The molecular weight excluding hydrogens is 254 g/mol. The summed E-state index contributed by atoms with van der Waals surface area (Å²) in [5.74, 6) is -1.75. The third-order valence-corrected chi connectivity index (χ3v) is 3.61. The summed E-state index contributed by atoms with van der Waals surface area (Å²) in [5, 5.41) is 9.29. The summed E-state index contributed by atoms with van der Waals surface area (Å²) in [6.45, 7) is 7.79. The Bertz CT molecular complexity index is 565. The van der Waals surface area contributed by atoms with Gasteiger partial charge < -0.3 is 10.0 Å². The molecule has 0 saturated carbocycles. The molecule has 1 aliphatic rings. The van der Waals surface area contributed by atoms with Gasteiger partial charge in [0.2, 0.25) is 5.91 Å². The van der Waals surface area contributed by atoms with Crippen molar-refractivity contribution in [1.82, 2.24) is 0 Å². The highest BCUT2D eigenvalue weighted by atomic mass is 16.4. The van der Waals surface area contributed by atoms with Crippen LogP contribution in [-0.2, 0) is 9.59 Å². The average Bonchev–Trinajstić information content (AvgIpc) is 2.76. The zero-order valence-electron chi connectivity index (χ0n) is 11.8. The molecule has 0 aromatic heterocycles. The number of carboxylic acids is 1. The minimum atomic E-state index is -0.889. The van der Waals surface area contributed by atoms with Gasteiger partial charge in [-0.2, -0.15) is 0 Å².